The van der Waals surface area contributed by atoms with Crippen LogP contribution in [0.15, 0.2) is 23.6 Å². The molecule has 0 saturated heterocycles. The zero-order chi connectivity index (χ0) is 17.5. The number of aryl methyl sites for hydroxylation is 1. The van der Waals surface area contributed by atoms with Gasteiger partial charge in [-0.05, 0) is 31.0 Å². The summed E-state index contributed by atoms with van der Waals surface area (Å²) in [5.41, 5.74) is 0.851. The van der Waals surface area contributed by atoms with E-state index in [4.69, 9.17) is 9.47 Å². The Kier molecular flexibility index (Phi) is 6.25. The SMILES string of the molecule is CCOC(=O)c1csc(NC(=O)CCc2ccc(OC)c(F)c2)n1. The topological polar surface area (TPSA) is 77.5 Å². The minimum absolute atomic E-state index is 0.161. The highest BCUT2D eigenvalue weighted by Crippen LogP contribution is 2.19. The Morgan fingerprint density at radius 1 is 1.38 bits per heavy atom. The van der Waals surface area contributed by atoms with Gasteiger partial charge in [0.2, 0.25) is 5.91 Å². The van der Waals surface area contributed by atoms with Crippen molar-refractivity contribution in [2.24, 2.45) is 0 Å². The minimum Gasteiger partial charge on any atom is -0.494 e. The number of halogens is 1. The molecule has 0 radical (unpaired) electrons. The van der Waals surface area contributed by atoms with Crippen LogP contribution in [-0.4, -0.2) is 30.6 Å². The number of ether oxygens (including phenoxy) is 2. The highest BCUT2D eigenvalue weighted by atomic mass is 32.1. The number of methoxy groups -OCH3 is 1. The second-order valence-electron chi connectivity index (χ2n) is 4.78. The molecule has 6 nitrogen and oxygen atoms in total. The van der Waals surface area contributed by atoms with Gasteiger partial charge >= 0.3 is 5.97 Å². The fraction of sp³-hybridized carbons (Fsp3) is 0.312. The average molecular weight is 352 g/mol. The monoisotopic (exact) mass is 352 g/mol. The van der Waals surface area contributed by atoms with Crippen molar-refractivity contribution in [3.05, 3.63) is 40.7 Å². The molecule has 128 valence electrons. The normalized spacial score (nSPS) is 10.3. The van der Waals surface area contributed by atoms with E-state index in [0.717, 1.165) is 11.3 Å². The highest BCUT2D eigenvalue weighted by molar-refractivity contribution is 7.14. The maximum absolute atomic E-state index is 13.6. The highest BCUT2D eigenvalue weighted by Gasteiger charge is 2.13. The van der Waals surface area contributed by atoms with Gasteiger partial charge in [0.15, 0.2) is 22.4 Å². The van der Waals surface area contributed by atoms with Gasteiger partial charge in [0.25, 0.3) is 0 Å². The van der Waals surface area contributed by atoms with Crippen molar-refractivity contribution in [3.63, 3.8) is 0 Å². The van der Waals surface area contributed by atoms with Crippen molar-refractivity contribution in [2.75, 3.05) is 19.0 Å². The molecule has 0 fully saturated rings. The van der Waals surface area contributed by atoms with Gasteiger partial charge in [-0.15, -0.1) is 11.3 Å². The Morgan fingerprint density at radius 2 is 2.17 bits per heavy atom. The number of aromatic nitrogens is 1. The summed E-state index contributed by atoms with van der Waals surface area (Å²) < 4.78 is 23.3. The van der Waals surface area contributed by atoms with E-state index in [2.05, 4.69) is 10.3 Å². The van der Waals surface area contributed by atoms with Crippen molar-refractivity contribution in [2.45, 2.75) is 19.8 Å². The molecule has 1 aromatic carbocycles. The molecule has 0 bridgehead atoms. The Bertz CT molecular complexity index is 733. The number of nitrogens with zero attached hydrogens (tertiary/aromatic N) is 1. The number of esters is 1. The van der Waals surface area contributed by atoms with Crippen LogP contribution in [0.2, 0.25) is 0 Å². The number of carbonyl (C=O) groups excluding carboxylic acids is 2. The Balaban J connectivity index is 1.87. The van der Waals surface area contributed by atoms with Gasteiger partial charge < -0.3 is 14.8 Å². The second-order valence-corrected chi connectivity index (χ2v) is 5.63. The molecule has 1 N–H and O–H groups in total. The van der Waals surface area contributed by atoms with Crippen LogP contribution in [0.4, 0.5) is 9.52 Å². The number of carbonyl (C=O) groups is 2. The third-order valence-electron chi connectivity index (χ3n) is 3.09. The van der Waals surface area contributed by atoms with Crippen LogP contribution in [0.25, 0.3) is 0 Å². The maximum Gasteiger partial charge on any atom is 0.357 e. The molecule has 2 rings (SSSR count). The van der Waals surface area contributed by atoms with Crippen LogP contribution in [-0.2, 0) is 16.0 Å². The average Bonchev–Trinajstić information content (AvgIpc) is 3.02. The summed E-state index contributed by atoms with van der Waals surface area (Å²) >= 11 is 1.14. The summed E-state index contributed by atoms with van der Waals surface area (Å²) in [5.74, 6) is -1.09. The molecule has 0 aliphatic carbocycles. The van der Waals surface area contributed by atoms with Crippen molar-refractivity contribution < 1.29 is 23.5 Å². The largest absolute Gasteiger partial charge is 0.494 e. The Hall–Kier alpha value is -2.48. The quantitative estimate of drug-likeness (QED) is 0.775. The number of thiazole rings is 1. The van der Waals surface area contributed by atoms with E-state index in [1.54, 1.807) is 13.0 Å². The predicted molar refractivity (Wildman–Crippen MR) is 88.0 cm³/mol. The first kappa shape index (κ1) is 17.9. The molecule has 1 aromatic heterocycles. The summed E-state index contributed by atoms with van der Waals surface area (Å²) in [6.45, 7) is 1.96. The van der Waals surface area contributed by atoms with E-state index in [1.807, 2.05) is 0 Å². The standard InChI is InChI=1S/C16H17FN2O4S/c1-3-23-15(21)12-9-24-16(18-12)19-14(20)7-5-10-4-6-13(22-2)11(17)8-10/h4,6,8-9H,3,5,7H2,1-2H3,(H,18,19,20). The first-order chi connectivity index (χ1) is 11.5. The Morgan fingerprint density at radius 3 is 2.83 bits per heavy atom. The molecule has 1 heterocycles. The third-order valence-corrected chi connectivity index (χ3v) is 3.85. The van der Waals surface area contributed by atoms with Gasteiger partial charge in [-0.1, -0.05) is 6.07 Å². The van der Waals surface area contributed by atoms with Gasteiger partial charge in [-0.2, -0.15) is 0 Å². The van der Waals surface area contributed by atoms with E-state index in [-0.39, 0.29) is 30.4 Å². The zero-order valence-electron chi connectivity index (χ0n) is 13.3. The molecule has 0 saturated carbocycles. The first-order valence-electron chi connectivity index (χ1n) is 7.28. The van der Waals surface area contributed by atoms with Gasteiger partial charge in [0.05, 0.1) is 13.7 Å². The fourth-order valence-electron chi connectivity index (χ4n) is 1.93. The lowest BCUT2D eigenvalue weighted by atomic mass is 10.1. The van der Waals surface area contributed by atoms with Gasteiger partial charge in [0.1, 0.15) is 0 Å². The lowest BCUT2D eigenvalue weighted by molar-refractivity contribution is -0.116. The lowest BCUT2D eigenvalue weighted by Crippen LogP contribution is -2.13. The first-order valence-corrected chi connectivity index (χ1v) is 8.16. The molecule has 8 heteroatoms. The molecular formula is C16H17FN2O4S. The number of benzene rings is 1. The van der Waals surface area contributed by atoms with Crippen LogP contribution >= 0.6 is 11.3 Å². The number of anilines is 1. The summed E-state index contributed by atoms with van der Waals surface area (Å²) in [6, 6.07) is 4.57. The van der Waals surface area contributed by atoms with Crippen LogP contribution in [0.1, 0.15) is 29.4 Å². The summed E-state index contributed by atoms with van der Waals surface area (Å²) in [5, 5.41) is 4.45. The number of amides is 1. The number of rotatable bonds is 7. The van der Waals surface area contributed by atoms with Crippen LogP contribution in [0.3, 0.4) is 0 Å². The fourth-order valence-corrected chi connectivity index (χ4v) is 2.63. The van der Waals surface area contributed by atoms with Crippen molar-refractivity contribution in [1.82, 2.24) is 4.98 Å². The van der Waals surface area contributed by atoms with Crippen LogP contribution < -0.4 is 10.1 Å². The molecule has 0 aliphatic rings. The minimum atomic E-state index is -0.525. The number of nitrogens with one attached hydrogen (secondary N) is 1. The molecule has 0 unspecified atom stereocenters. The molecule has 24 heavy (non-hydrogen) atoms. The number of hydrogen-bond donors (Lipinski definition) is 1. The second kappa shape index (κ2) is 8.39. The predicted octanol–water partition coefficient (Wildman–Crippen LogP) is 3.04. The van der Waals surface area contributed by atoms with E-state index in [9.17, 15) is 14.0 Å². The Labute approximate surface area is 142 Å². The molecular weight excluding hydrogens is 335 g/mol. The maximum atomic E-state index is 13.6. The van der Waals surface area contributed by atoms with Crippen LogP contribution in [0.5, 0.6) is 5.75 Å². The van der Waals surface area contributed by atoms with E-state index in [0.29, 0.717) is 17.1 Å². The van der Waals surface area contributed by atoms with E-state index >= 15 is 0 Å². The van der Waals surface area contributed by atoms with Crippen molar-refractivity contribution >= 4 is 28.3 Å². The molecule has 0 atom stereocenters. The van der Waals surface area contributed by atoms with Gasteiger partial charge in [-0.25, -0.2) is 14.2 Å². The molecule has 0 aliphatic heterocycles. The van der Waals surface area contributed by atoms with Crippen LogP contribution in [0, 0.1) is 5.82 Å². The lowest BCUT2D eigenvalue weighted by Gasteiger charge is -2.05. The molecule has 2 aromatic rings. The van der Waals surface area contributed by atoms with Crippen molar-refractivity contribution in [1.29, 1.82) is 0 Å². The van der Waals surface area contributed by atoms with Crippen molar-refractivity contribution in [3.8, 4) is 5.75 Å². The summed E-state index contributed by atoms with van der Waals surface area (Å²) in [4.78, 5) is 27.4. The molecule has 0 spiro atoms. The van der Waals surface area contributed by atoms with E-state index in [1.165, 1.54) is 24.6 Å². The van der Waals surface area contributed by atoms with Gasteiger partial charge in [0, 0.05) is 11.8 Å². The van der Waals surface area contributed by atoms with Gasteiger partial charge in [-0.3, -0.25) is 4.79 Å². The smallest absolute Gasteiger partial charge is 0.357 e. The summed E-state index contributed by atoms with van der Waals surface area (Å²) in [6.07, 6.45) is 0.545. The third kappa shape index (κ3) is 4.76. The molecule has 1 amide bonds. The summed E-state index contributed by atoms with van der Waals surface area (Å²) in [7, 11) is 1.39. The number of hydrogen-bond acceptors (Lipinski definition) is 6. The van der Waals surface area contributed by atoms with E-state index < -0.39 is 11.8 Å². The zero-order valence-corrected chi connectivity index (χ0v) is 14.1.